The number of aromatic nitrogens is 4. The maximum Gasteiger partial charge on any atom is 0.311 e. The van der Waals surface area contributed by atoms with E-state index in [1.807, 2.05) is 26.0 Å². The molecule has 5 heterocycles. The van der Waals surface area contributed by atoms with Gasteiger partial charge in [0.15, 0.2) is 5.84 Å². The number of nitrogens with two attached hydrogens (primary N) is 2. The lowest BCUT2D eigenvalue weighted by molar-refractivity contribution is -0.128. The number of thiophene rings is 1. The number of hydrogen-bond acceptors (Lipinski definition) is 10. The smallest absolute Gasteiger partial charge is 0.311 e. The van der Waals surface area contributed by atoms with E-state index in [9.17, 15) is 19.2 Å². The normalized spacial score (nSPS) is 13.6. The number of fused-ring (bicyclic) bond motifs is 2. The molecule has 5 rings (SSSR count). The number of aliphatic imine (C=N–C) groups is 1. The van der Waals surface area contributed by atoms with Gasteiger partial charge < -0.3 is 22.1 Å². The lowest BCUT2D eigenvalue weighted by Gasteiger charge is -2.14. The van der Waals surface area contributed by atoms with Gasteiger partial charge in [-0.05, 0) is 30.7 Å². The van der Waals surface area contributed by atoms with Gasteiger partial charge in [-0.2, -0.15) is 4.99 Å². The molecule has 1 atom stereocenters. The van der Waals surface area contributed by atoms with Gasteiger partial charge in [0.05, 0.1) is 12.7 Å². The number of rotatable bonds is 6. The molecule has 0 aliphatic carbocycles. The first-order valence-corrected chi connectivity index (χ1v) is 13.6. The Morgan fingerprint density at radius 1 is 1.20 bits per heavy atom. The average Bonchev–Trinajstić information content (AvgIpc) is 3.62. The van der Waals surface area contributed by atoms with Crippen LogP contribution in [0.5, 0.6) is 0 Å². The summed E-state index contributed by atoms with van der Waals surface area (Å²) in [4.78, 5) is 62.1. The van der Waals surface area contributed by atoms with Crippen molar-refractivity contribution in [1.29, 1.82) is 0 Å². The molecule has 0 saturated carbocycles. The van der Waals surface area contributed by atoms with E-state index >= 15 is 0 Å². The third kappa shape index (κ3) is 7.57. The van der Waals surface area contributed by atoms with Gasteiger partial charge in [-0.3, -0.25) is 28.7 Å². The Labute approximate surface area is 239 Å². The van der Waals surface area contributed by atoms with Crippen LogP contribution in [0.4, 0.5) is 11.5 Å². The van der Waals surface area contributed by atoms with Crippen LogP contribution in [0.1, 0.15) is 42.7 Å². The predicted molar refractivity (Wildman–Crippen MR) is 159 cm³/mol. The standard InChI is InChI=1S/C17H18N6O2S.C8H7N3O2.C2H6/c1-19-11-8-21-15-3-2-12(23(15)17(11)25)16(24)22-7-10-4-9-6-20-14(18)5-13(9)26-10;9-8(11-7(13)5-12)6-3-1-2-4-10-6;1-2/h4-6,8,12,19H,2-3,7H2,1H3,(H2,18,20)(H,22,24);1-5H,(H2,9,11,13);1-2H3. The van der Waals surface area contributed by atoms with Crippen molar-refractivity contribution in [2.45, 2.75) is 39.3 Å². The van der Waals surface area contributed by atoms with Crippen LogP contribution in [-0.2, 0) is 27.3 Å². The molecular weight excluding hydrogens is 546 g/mol. The van der Waals surface area contributed by atoms with Gasteiger partial charge in [0.25, 0.3) is 5.56 Å². The van der Waals surface area contributed by atoms with Crippen molar-refractivity contribution >= 4 is 56.9 Å². The predicted octanol–water partition coefficient (Wildman–Crippen LogP) is 1.82. The molecule has 0 fully saturated rings. The highest BCUT2D eigenvalue weighted by molar-refractivity contribution is 7.19. The zero-order chi connectivity index (χ0) is 29.9. The third-order valence-corrected chi connectivity index (χ3v) is 6.86. The van der Waals surface area contributed by atoms with Gasteiger partial charge >= 0.3 is 5.91 Å². The number of aldehydes is 1. The SMILES string of the molecule is CC.CNc1cnc2n(c1=O)C(C(=O)NCc1cc3cnc(N)cc3s1)CC2.NC(=NC(=O)C=O)c1ccccn1. The number of nitrogens with zero attached hydrogens (tertiary/aromatic N) is 5. The molecule has 6 N–H and O–H groups in total. The number of nitrogen functional groups attached to an aromatic ring is 1. The minimum atomic E-state index is -0.914. The number of amidine groups is 1. The van der Waals surface area contributed by atoms with Crippen molar-refractivity contribution in [3.63, 3.8) is 0 Å². The maximum absolute atomic E-state index is 12.7. The minimum Gasteiger partial charge on any atom is -0.384 e. The summed E-state index contributed by atoms with van der Waals surface area (Å²) in [6, 6.07) is 8.29. The Kier molecular flexibility index (Phi) is 10.7. The van der Waals surface area contributed by atoms with Crippen LogP contribution >= 0.6 is 11.3 Å². The molecule has 0 bridgehead atoms. The Bertz CT molecular complexity index is 1620. The molecule has 1 aliphatic rings. The second-order valence-electron chi connectivity index (χ2n) is 8.31. The fourth-order valence-electron chi connectivity index (χ4n) is 3.92. The van der Waals surface area contributed by atoms with Crippen molar-refractivity contribution in [3.8, 4) is 0 Å². The number of carbonyl (C=O) groups is 3. The summed E-state index contributed by atoms with van der Waals surface area (Å²) in [5.41, 5.74) is 11.6. The van der Waals surface area contributed by atoms with Crippen molar-refractivity contribution in [3.05, 3.63) is 75.7 Å². The van der Waals surface area contributed by atoms with Gasteiger partial charge in [-0.15, -0.1) is 11.3 Å². The first-order chi connectivity index (χ1) is 19.8. The van der Waals surface area contributed by atoms with Gasteiger partial charge in [0.2, 0.25) is 12.2 Å². The van der Waals surface area contributed by atoms with E-state index in [4.69, 9.17) is 11.5 Å². The van der Waals surface area contributed by atoms with Gasteiger partial charge in [0, 0.05) is 40.8 Å². The fraction of sp³-hybridized carbons (Fsp3) is 0.259. The molecular formula is C27H31N9O4S. The molecule has 214 valence electrons. The van der Waals surface area contributed by atoms with Crippen LogP contribution in [-0.4, -0.2) is 50.5 Å². The number of aryl methyl sites for hydroxylation is 1. The van der Waals surface area contributed by atoms with E-state index in [1.54, 1.807) is 42.8 Å². The average molecular weight is 578 g/mol. The number of amides is 2. The topological polar surface area (TPSA) is 200 Å². The molecule has 13 nitrogen and oxygen atoms in total. The fourth-order valence-corrected chi connectivity index (χ4v) is 4.95. The molecule has 1 unspecified atom stereocenters. The van der Waals surface area contributed by atoms with E-state index < -0.39 is 11.9 Å². The first-order valence-electron chi connectivity index (χ1n) is 12.7. The third-order valence-electron chi connectivity index (χ3n) is 5.76. The summed E-state index contributed by atoms with van der Waals surface area (Å²) >= 11 is 1.57. The van der Waals surface area contributed by atoms with Crippen LogP contribution in [0.25, 0.3) is 10.1 Å². The zero-order valence-electron chi connectivity index (χ0n) is 22.8. The lowest BCUT2D eigenvalue weighted by Crippen LogP contribution is -2.36. The number of hydrogen-bond donors (Lipinski definition) is 4. The highest BCUT2D eigenvalue weighted by atomic mass is 32.1. The number of nitrogens with one attached hydrogen (secondary N) is 2. The number of anilines is 2. The van der Waals surface area contributed by atoms with Gasteiger partial charge in [0.1, 0.15) is 29.1 Å². The largest absolute Gasteiger partial charge is 0.384 e. The molecule has 1 aliphatic heterocycles. The summed E-state index contributed by atoms with van der Waals surface area (Å²) in [6.07, 6.45) is 6.05. The summed E-state index contributed by atoms with van der Waals surface area (Å²) < 4.78 is 2.53. The molecule has 0 saturated heterocycles. The number of pyridine rings is 2. The summed E-state index contributed by atoms with van der Waals surface area (Å²) in [5.74, 6) is -0.0147. The van der Waals surface area contributed by atoms with Crippen molar-refractivity contribution in [2.75, 3.05) is 18.1 Å². The first kappa shape index (κ1) is 30.6. The molecule has 0 radical (unpaired) electrons. The summed E-state index contributed by atoms with van der Waals surface area (Å²) in [6.45, 7) is 4.40. The lowest BCUT2D eigenvalue weighted by atomic mass is 10.2. The van der Waals surface area contributed by atoms with Crippen molar-refractivity contribution in [2.24, 2.45) is 10.7 Å². The van der Waals surface area contributed by atoms with Crippen LogP contribution in [0.3, 0.4) is 0 Å². The van der Waals surface area contributed by atoms with E-state index in [1.165, 1.54) is 17.0 Å². The van der Waals surface area contributed by atoms with Crippen LogP contribution in [0, 0.1) is 0 Å². The Morgan fingerprint density at radius 2 is 1.98 bits per heavy atom. The van der Waals surface area contributed by atoms with Crippen LogP contribution < -0.4 is 27.7 Å². The van der Waals surface area contributed by atoms with Crippen LogP contribution in [0.15, 0.2) is 58.7 Å². The Morgan fingerprint density at radius 3 is 2.66 bits per heavy atom. The van der Waals surface area contributed by atoms with Gasteiger partial charge in [-0.1, -0.05) is 19.9 Å². The molecule has 4 aromatic heterocycles. The highest BCUT2D eigenvalue weighted by Crippen LogP contribution is 2.27. The summed E-state index contributed by atoms with van der Waals surface area (Å²) in [5, 5.41) is 6.75. The van der Waals surface area contributed by atoms with Crippen molar-refractivity contribution < 1.29 is 14.4 Å². The van der Waals surface area contributed by atoms with Crippen LogP contribution in [0.2, 0.25) is 0 Å². The minimum absolute atomic E-state index is 0.0577. The van der Waals surface area contributed by atoms with E-state index in [2.05, 4.69) is 30.6 Å². The maximum atomic E-state index is 12.7. The number of carbonyl (C=O) groups excluding carboxylic acids is 3. The summed E-state index contributed by atoms with van der Waals surface area (Å²) in [7, 11) is 1.67. The van der Waals surface area contributed by atoms with Crippen molar-refractivity contribution in [1.82, 2.24) is 24.8 Å². The molecule has 2 amide bonds. The monoisotopic (exact) mass is 577 g/mol. The van der Waals surface area contributed by atoms with E-state index in [0.717, 1.165) is 15.0 Å². The Balaban J connectivity index is 0.000000261. The Hall–Kier alpha value is -4.98. The quantitative estimate of drug-likeness (QED) is 0.113. The second kappa shape index (κ2) is 14.4. The van der Waals surface area contributed by atoms with Gasteiger partial charge in [-0.25, -0.2) is 9.97 Å². The van der Waals surface area contributed by atoms with E-state index in [-0.39, 0.29) is 23.6 Å². The van der Waals surface area contributed by atoms with E-state index in [0.29, 0.717) is 42.4 Å². The second-order valence-corrected chi connectivity index (χ2v) is 9.48. The zero-order valence-corrected chi connectivity index (χ0v) is 23.6. The molecule has 0 spiro atoms. The molecule has 41 heavy (non-hydrogen) atoms. The molecule has 4 aromatic rings. The highest BCUT2D eigenvalue weighted by Gasteiger charge is 2.30. The molecule has 0 aromatic carbocycles. The molecule has 14 heteroatoms.